The molecule has 0 aliphatic heterocycles. The van der Waals surface area contributed by atoms with Gasteiger partial charge in [0, 0.05) is 19.3 Å². The number of carbonyl (C=O) groups excluding carboxylic acids is 3. The van der Waals surface area contributed by atoms with Gasteiger partial charge < -0.3 is 14.2 Å². The van der Waals surface area contributed by atoms with Crippen LogP contribution in [0.4, 0.5) is 0 Å². The zero-order valence-corrected chi connectivity index (χ0v) is 36.8. The van der Waals surface area contributed by atoms with Gasteiger partial charge in [0.05, 0.1) is 0 Å². The maximum absolute atomic E-state index is 12.6. The maximum atomic E-state index is 12.6. The van der Waals surface area contributed by atoms with Crippen LogP contribution < -0.4 is 0 Å². The summed E-state index contributed by atoms with van der Waals surface area (Å²) >= 11 is 0. The van der Waals surface area contributed by atoms with Crippen LogP contribution in [0.15, 0.2) is 85.1 Å². The van der Waals surface area contributed by atoms with Gasteiger partial charge in [-0.15, -0.1) is 0 Å². The Morgan fingerprint density at radius 1 is 0.368 bits per heavy atom. The number of ether oxygens (including phenoxy) is 3. The van der Waals surface area contributed by atoms with Gasteiger partial charge in [-0.05, 0) is 70.6 Å². The predicted molar refractivity (Wildman–Crippen MR) is 242 cm³/mol. The minimum atomic E-state index is -0.792. The van der Waals surface area contributed by atoms with Crippen molar-refractivity contribution in [1.82, 2.24) is 0 Å². The SMILES string of the molecule is CC/C=C\C/C=C\C/C=C\C/C=C\C/C=C\C/C=C\C/C=C\CCCC(=O)OCC(COC(=O)CCCCCCC)OC(=O)CCCCCCCCCCCCC. The molecule has 0 saturated carbocycles. The van der Waals surface area contributed by atoms with E-state index in [0.29, 0.717) is 19.3 Å². The highest BCUT2D eigenvalue weighted by molar-refractivity contribution is 5.71. The number of rotatable bonds is 40. The van der Waals surface area contributed by atoms with Crippen LogP contribution in [0.5, 0.6) is 0 Å². The molecule has 0 spiro atoms. The minimum absolute atomic E-state index is 0.0948. The molecule has 0 amide bonds. The van der Waals surface area contributed by atoms with Gasteiger partial charge in [0.1, 0.15) is 13.2 Å². The summed E-state index contributed by atoms with van der Waals surface area (Å²) in [5.41, 5.74) is 0. The van der Waals surface area contributed by atoms with Crippen molar-refractivity contribution in [2.75, 3.05) is 13.2 Å². The van der Waals surface area contributed by atoms with E-state index in [-0.39, 0.29) is 37.5 Å². The number of esters is 3. The van der Waals surface area contributed by atoms with Crippen LogP contribution in [0.25, 0.3) is 0 Å². The summed E-state index contributed by atoms with van der Waals surface area (Å²) < 4.78 is 16.5. The van der Waals surface area contributed by atoms with Crippen molar-refractivity contribution >= 4 is 17.9 Å². The van der Waals surface area contributed by atoms with E-state index in [4.69, 9.17) is 14.2 Å². The molecule has 0 rings (SSSR count). The van der Waals surface area contributed by atoms with Gasteiger partial charge in [0.2, 0.25) is 0 Å². The molecule has 0 bridgehead atoms. The normalized spacial score (nSPS) is 12.8. The monoisotopic (exact) mass is 793 g/mol. The van der Waals surface area contributed by atoms with Gasteiger partial charge in [-0.1, -0.05) is 196 Å². The van der Waals surface area contributed by atoms with E-state index in [2.05, 4.69) is 106 Å². The summed E-state index contributed by atoms with van der Waals surface area (Å²) in [6, 6.07) is 0. The third kappa shape index (κ3) is 43.6. The molecule has 0 aromatic rings. The summed E-state index contributed by atoms with van der Waals surface area (Å²) in [4.78, 5) is 37.4. The first kappa shape index (κ1) is 53.6. The lowest BCUT2D eigenvalue weighted by Crippen LogP contribution is -2.30. The molecule has 0 aliphatic rings. The van der Waals surface area contributed by atoms with Crippen LogP contribution in [-0.2, 0) is 28.6 Å². The summed E-state index contributed by atoms with van der Waals surface area (Å²) in [7, 11) is 0. The van der Waals surface area contributed by atoms with Crippen LogP contribution >= 0.6 is 0 Å². The Morgan fingerprint density at radius 3 is 1.07 bits per heavy atom. The zero-order valence-electron chi connectivity index (χ0n) is 36.8. The van der Waals surface area contributed by atoms with Gasteiger partial charge in [-0.25, -0.2) is 0 Å². The van der Waals surface area contributed by atoms with Gasteiger partial charge in [-0.2, -0.15) is 0 Å². The van der Waals surface area contributed by atoms with Crippen molar-refractivity contribution in [1.29, 1.82) is 0 Å². The molecule has 0 saturated heterocycles. The van der Waals surface area contributed by atoms with Gasteiger partial charge in [-0.3, -0.25) is 14.4 Å². The van der Waals surface area contributed by atoms with Crippen LogP contribution in [-0.4, -0.2) is 37.2 Å². The number of hydrogen-bond acceptors (Lipinski definition) is 6. The zero-order chi connectivity index (χ0) is 41.5. The number of unbranched alkanes of at least 4 members (excludes halogenated alkanes) is 15. The molecule has 57 heavy (non-hydrogen) atoms. The molecule has 1 atom stereocenters. The van der Waals surface area contributed by atoms with Crippen molar-refractivity contribution < 1.29 is 28.6 Å². The van der Waals surface area contributed by atoms with Crippen LogP contribution in [0.1, 0.15) is 201 Å². The Balaban J connectivity index is 4.29. The Labute approximate surface area is 350 Å². The number of carbonyl (C=O) groups is 3. The molecular formula is C51H84O6. The molecule has 0 fully saturated rings. The van der Waals surface area contributed by atoms with Gasteiger partial charge in [0.25, 0.3) is 0 Å². The number of allylic oxidation sites excluding steroid dienone is 14. The highest BCUT2D eigenvalue weighted by Crippen LogP contribution is 2.13. The van der Waals surface area contributed by atoms with Crippen molar-refractivity contribution in [2.24, 2.45) is 0 Å². The second-order valence-corrected chi connectivity index (χ2v) is 14.9. The summed E-state index contributed by atoms with van der Waals surface area (Å²) in [6.45, 7) is 6.36. The Morgan fingerprint density at radius 2 is 0.684 bits per heavy atom. The van der Waals surface area contributed by atoms with E-state index in [1.807, 2.05) is 0 Å². The first-order valence-electron chi connectivity index (χ1n) is 23.1. The molecule has 6 nitrogen and oxygen atoms in total. The lowest BCUT2D eigenvalue weighted by atomic mass is 10.1. The number of hydrogen-bond donors (Lipinski definition) is 0. The summed E-state index contributed by atoms with van der Waals surface area (Å²) in [5, 5.41) is 0. The minimum Gasteiger partial charge on any atom is -0.462 e. The second kappa shape index (κ2) is 45.3. The standard InChI is InChI=1S/C51H84O6/c1-4-7-10-13-15-17-19-20-21-22-23-24-25-26-27-28-29-30-32-33-35-38-41-44-50(53)56-47-48(46-55-49(52)43-40-37-12-9-6-3)57-51(54)45-42-39-36-34-31-18-16-14-11-8-5-2/h7,10,15,17,20-21,23-24,26-27,29-30,33,35,48H,4-6,8-9,11-14,16,18-19,22,25,28,31-32,34,36-47H2,1-3H3/b10-7-,17-15-,21-20-,24-23-,27-26-,30-29-,35-33-. The highest BCUT2D eigenvalue weighted by Gasteiger charge is 2.19. The van der Waals surface area contributed by atoms with E-state index in [9.17, 15) is 14.4 Å². The molecule has 0 aromatic heterocycles. The Bertz CT molecular complexity index is 1140. The van der Waals surface area contributed by atoms with Gasteiger partial charge >= 0.3 is 17.9 Å². The van der Waals surface area contributed by atoms with Crippen LogP contribution in [0.2, 0.25) is 0 Å². The van der Waals surface area contributed by atoms with E-state index >= 15 is 0 Å². The predicted octanol–water partition coefficient (Wildman–Crippen LogP) is 14.9. The Kier molecular flexibility index (Phi) is 42.6. The first-order chi connectivity index (χ1) is 28.0. The smallest absolute Gasteiger partial charge is 0.306 e. The highest BCUT2D eigenvalue weighted by atomic mass is 16.6. The lowest BCUT2D eigenvalue weighted by molar-refractivity contribution is -0.167. The first-order valence-corrected chi connectivity index (χ1v) is 23.1. The average Bonchev–Trinajstić information content (AvgIpc) is 3.21. The van der Waals surface area contributed by atoms with Gasteiger partial charge in [0.15, 0.2) is 6.10 Å². The molecular weight excluding hydrogens is 709 g/mol. The fourth-order valence-corrected chi connectivity index (χ4v) is 5.96. The largest absolute Gasteiger partial charge is 0.462 e. The molecule has 324 valence electrons. The topological polar surface area (TPSA) is 78.9 Å². The maximum Gasteiger partial charge on any atom is 0.306 e. The quantitative estimate of drug-likeness (QED) is 0.0266. The molecule has 6 heteroatoms. The molecule has 1 unspecified atom stereocenters. The van der Waals surface area contributed by atoms with Crippen molar-refractivity contribution in [3.8, 4) is 0 Å². The van der Waals surface area contributed by atoms with E-state index < -0.39 is 6.10 Å². The molecule has 0 heterocycles. The van der Waals surface area contributed by atoms with E-state index in [1.54, 1.807) is 0 Å². The fourth-order valence-electron chi connectivity index (χ4n) is 5.96. The third-order valence-corrected chi connectivity index (χ3v) is 9.41. The lowest BCUT2D eigenvalue weighted by Gasteiger charge is -2.18. The van der Waals surface area contributed by atoms with Crippen molar-refractivity contribution in [3.05, 3.63) is 85.1 Å². The summed E-state index contributed by atoms with van der Waals surface area (Å²) in [6.07, 6.45) is 57.5. The van der Waals surface area contributed by atoms with Crippen LogP contribution in [0, 0.1) is 0 Å². The molecule has 0 aromatic carbocycles. The molecule has 0 N–H and O–H groups in total. The van der Waals surface area contributed by atoms with E-state index in [0.717, 1.165) is 103 Å². The summed E-state index contributed by atoms with van der Waals surface area (Å²) in [5.74, 6) is -0.978. The second-order valence-electron chi connectivity index (χ2n) is 14.9. The average molecular weight is 793 g/mol. The molecule has 0 radical (unpaired) electrons. The van der Waals surface area contributed by atoms with Crippen LogP contribution in [0.3, 0.4) is 0 Å². The molecule has 0 aliphatic carbocycles. The third-order valence-electron chi connectivity index (χ3n) is 9.41. The Hall–Kier alpha value is -3.41. The van der Waals surface area contributed by atoms with Crippen molar-refractivity contribution in [2.45, 2.75) is 207 Å². The van der Waals surface area contributed by atoms with Crippen molar-refractivity contribution in [3.63, 3.8) is 0 Å². The van der Waals surface area contributed by atoms with E-state index in [1.165, 1.54) is 51.4 Å². The fraction of sp³-hybridized carbons (Fsp3) is 0.667.